The third kappa shape index (κ3) is 4.43. The van der Waals surface area contributed by atoms with Gasteiger partial charge < -0.3 is 14.9 Å². The number of aliphatic hydroxyl groups is 2. The first-order chi connectivity index (χ1) is 4.70. The fourth-order valence-corrected chi connectivity index (χ4v) is 0.511. The van der Waals surface area contributed by atoms with Gasteiger partial charge in [-0.25, -0.2) is 0 Å². The molecular weight excluding hydrogens is 136 g/mol. The second-order valence-electron chi connectivity index (χ2n) is 1.81. The Morgan fingerprint density at radius 3 is 2.70 bits per heavy atom. The van der Waals surface area contributed by atoms with Crippen molar-refractivity contribution in [2.45, 2.75) is 19.6 Å². The van der Waals surface area contributed by atoms with Gasteiger partial charge in [0, 0.05) is 6.61 Å². The van der Waals surface area contributed by atoms with Gasteiger partial charge in [0.15, 0.2) is 12.1 Å². The fraction of sp³-hybridized carbons (Fsp3) is 0.833. The lowest BCUT2D eigenvalue weighted by atomic mass is 10.3. The van der Waals surface area contributed by atoms with Crippen molar-refractivity contribution in [3.8, 4) is 0 Å². The van der Waals surface area contributed by atoms with Gasteiger partial charge in [0.1, 0.15) is 6.61 Å². The topological polar surface area (TPSA) is 66.8 Å². The van der Waals surface area contributed by atoms with Crippen LogP contribution in [0.4, 0.5) is 0 Å². The van der Waals surface area contributed by atoms with Crippen LogP contribution in [0.3, 0.4) is 0 Å². The Morgan fingerprint density at radius 2 is 2.30 bits per heavy atom. The highest BCUT2D eigenvalue weighted by molar-refractivity contribution is 5.79. The van der Waals surface area contributed by atoms with Crippen molar-refractivity contribution in [1.82, 2.24) is 0 Å². The van der Waals surface area contributed by atoms with Gasteiger partial charge in [-0.15, -0.1) is 0 Å². The van der Waals surface area contributed by atoms with Crippen LogP contribution in [0.1, 0.15) is 13.3 Å². The molecule has 0 aromatic rings. The summed E-state index contributed by atoms with van der Waals surface area (Å²) < 4.78 is 4.64. The van der Waals surface area contributed by atoms with E-state index in [-0.39, 0.29) is 6.42 Å². The molecule has 4 heteroatoms. The first-order valence-corrected chi connectivity index (χ1v) is 3.13. The summed E-state index contributed by atoms with van der Waals surface area (Å²) in [6, 6.07) is 0. The molecule has 0 saturated heterocycles. The van der Waals surface area contributed by atoms with Crippen molar-refractivity contribution in [3.63, 3.8) is 0 Å². The van der Waals surface area contributed by atoms with Crippen molar-refractivity contribution in [1.29, 1.82) is 0 Å². The standard InChI is InChI=1S/C6H12O4/c1-2-10-6(9)3-5(8)4-7/h6-7,9H,2-4H2,1H3/t6-/m1/s1. The van der Waals surface area contributed by atoms with Crippen LogP contribution in [0.25, 0.3) is 0 Å². The third-order valence-corrected chi connectivity index (χ3v) is 0.938. The van der Waals surface area contributed by atoms with E-state index in [1.54, 1.807) is 6.92 Å². The van der Waals surface area contributed by atoms with Gasteiger partial charge in [0.25, 0.3) is 0 Å². The molecule has 0 aromatic carbocycles. The number of ether oxygens (including phenoxy) is 1. The maximum Gasteiger partial charge on any atom is 0.163 e. The molecule has 0 bridgehead atoms. The lowest BCUT2D eigenvalue weighted by Gasteiger charge is -2.07. The van der Waals surface area contributed by atoms with Crippen LogP contribution in [0.15, 0.2) is 0 Å². The Labute approximate surface area is 59.4 Å². The van der Waals surface area contributed by atoms with E-state index in [0.29, 0.717) is 6.61 Å². The van der Waals surface area contributed by atoms with E-state index in [4.69, 9.17) is 10.2 Å². The van der Waals surface area contributed by atoms with E-state index in [1.165, 1.54) is 0 Å². The molecule has 2 N–H and O–H groups in total. The van der Waals surface area contributed by atoms with Crippen molar-refractivity contribution in [2.24, 2.45) is 0 Å². The second-order valence-corrected chi connectivity index (χ2v) is 1.81. The van der Waals surface area contributed by atoms with E-state index in [0.717, 1.165) is 0 Å². The molecule has 0 amide bonds. The van der Waals surface area contributed by atoms with Crippen LogP contribution in [-0.2, 0) is 9.53 Å². The number of Topliss-reactive ketones (excluding diaryl/α,β-unsaturated/α-hetero) is 1. The lowest BCUT2D eigenvalue weighted by molar-refractivity contribution is -0.137. The highest BCUT2D eigenvalue weighted by Crippen LogP contribution is 1.93. The number of hydrogen-bond acceptors (Lipinski definition) is 4. The number of aliphatic hydroxyl groups excluding tert-OH is 2. The Morgan fingerprint density at radius 1 is 1.70 bits per heavy atom. The normalized spacial score (nSPS) is 13.1. The highest BCUT2D eigenvalue weighted by Gasteiger charge is 2.08. The molecule has 60 valence electrons. The summed E-state index contributed by atoms with van der Waals surface area (Å²) in [6.07, 6.45) is -1.20. The number of ketones is 1. The molecule has 0 aromatic heterocycles. The molecule has 1 atom stereocenters. The van der Waals surface area contributed by atoms with Gasteiger partial charge in [-0.3, -0.25) is 4.79 Å². The predicted molar refractivity (Wildman–Crippen MR) is 34.3 cm³/mol. The average Bonchev–Trinajstić information content (AvgIpc) is 1.88. The Bertz CT molecular complexity index is 102. The first-order valence-electron chi connectivity index (χ1n) is 3.13. The highest BCUT2D eigenvalue weighted by atomic mass is 16.6. The van der Waals surface area contributed by atoms with Crippen LogP contribution in [0.5, 0.6) is 0 Å². The molecule has 0 rings (SSSR count). The Hall–Kier alpha value is -0.450. The Balaban J connectivity index is 3.37. The monoisotopic (exact) mass is 148 g/mol. The molecule has 0 saturated carbocycles. The van der Waals surface area contributed by atoms with E-state index >= 15 is 0 Å². The van der Waals surface area contributed by atoms with Crippen molar-refractivity contribution >= 4 is 5.78 Å². The minimum Gasteiger partial charge on any atom is -0.389 e. The summed E-state index contributed by atoms with van der Waals surface area (Å²) >= 11 is 0. The molecule has 10 heavy (non-hydrogen) atoms. The van der Waals surface area contributed by atoms with Gasteiger partial charge in [-0.1, -0.05) is 0 Å². The van der Waals surface area contributed by atoms with Gasteiger partial charge in [0.2, 0.25) is 0 Å². The van der Waals surface area contributed by atoms with Gasteiger partial charge >= 0.3 is 0 Å². The number of hydrogen-bond donors (Lipinski definition) is 2. The quantitative estimate of drug-likeness (QED) is 0.505. The zero-order valence-corrected chi connectivity index (χ0v) is 5.91. The summed E-state index contributed by atoms with van der Waals surface area (Å²) in [5.41, 5.74) is 0. The molecule has 0 heterocycles. The zero-order chi connectivity index (χ0) is 7.98. The van der Waals surface area contributed by atoms with Gasteiger partial charge in [0.05, 0.1) is 6.42 Å². The first kappa shape index (κ1) is 9.55. The smallest absolute Gasteiger partial charge is 0.163 e. The number of carbonyl (C=O) groups excluding carboxylic acids is 1. The van der Waals surface area contributed by atoms with Crippen LogP contribution in [0, 0.1) is 0 Å². The predicted octanol–water partition coefficient (Wildman–Crippen LogP) is -0.707. The average molecular weight is 148 g/mol. The second kappa shape index (κ2) is 5.34. The van der Waals surface area contributed by atoms with E-state index in [9.17, 15) is 4.79 Å². The molecule has 4 nitrogen and oxygen atoms in total. The molecule has 0 aliphatic heterocycles. The summed E-state index contributed by atoms with van der Waals surface area (Å²) in [6.45, 7) is 1.54. The maximum absolute atomic E-state index is 10.4. The zero-order valence-electron chi connectivity index (χ0n) is 5.91. The summed E-state index contributed by atoms with van der Waals surface area (Å²) in [4.78, 5) is 10.4. The van der Waals surface area contributed by atoms with Crippen LogP contribution >= 0.6 is 0 Å². The molecule has 0 unspecified atom stereocenters. The van der Waals surface area contributed by atoms with Crippen molar-refractivity contribution in [3.05, 3.63) is 0 Å². The molecule has 0 fully saturated rings. The Kier molecular flexibility index (Phi) is 5.10. The molecule has 0 radical (unpaired) electrons. The van der Waals surface area contributed by atoms with Crippen molar-refractivity contribution < 1.29 is 19.7 Å². The van der Waals surface area contributed by atoms with Crippen LogP contribution in [-0.4, -0.2) is 35.5 Å². The summed E-state index contributed by atoms with van der Waals surface area (Å²) in [7, 11) is 0. The molecule has 0 aliphatic carbocycles. The lowest BCUT2D eigenvalue weighted by Crippen LogP contribution is -2.18. The maximum atomic E-state index is 10.4. The largest absolute Gasteiger partial charge is 0.389 e. The molecule has 0 aliphatic rings. The fourth-order valence-electron chi connectivity index (χ4n) is 0.511. The molecular formula is C6H12O4. The van der Waals surface area contributed by atoms with Gasteiger partial charge in [-0.05, 0) is 6.92 Å². The summed E-state index contributed by atoms with van der Waals surface area (Å²) in [5.74, 6) is -0.416. The SMILES string of the molecule is CCO[C@@H](O)CC(=O)CO. The van der Waals surface area contributed by atoms with E-state index < -0.39 is 18.7 Å². The molecule has 0 spiro atoms. The van der Waals surface area contributed by atoms with Gasteiger partial charge in [-0.2, -0.15) is 0 Å². The minimum absolute atomic E-state index is 0.135. The third-order valence-electron chi connectivity index (χ3n) is 0.938. The van der Waals surface area contributed by atoms with E-state index in [2.05, 4.69) is 4.74 Å². The number of rotatable bonds is 5. The number of carbonyl (C=O) groups is 1. The van der Waals surface area contributed by atoms with Crippen LogP contribution < -0.4 is 0 Å². The van der Waals surface area contributed by atoms with Crippen LogP contribution in [0.2, 0.25) is 0 Å². The minimum atomic E-state index is -1.07. The summed E-state index contributed by atoms with van der Waals surface area (Å²) in [5, 5.41) is 17.0. The van der Waals surface area contributed by atoms with Crippen molar-refractivity contribution in [2.75, 3.05) is 13.2 Å². The van der Waals surface area contributed by atoms with E-state index in [1.807, 2.05) is 0 Å².